The van der Waals surface area contributed by atoms with E-state index >= 15 is 0 Å². The molecule has 0 saturated carbocycles. The van der Waals surface area contributed by atoms with Gasteiger partial charge in [-0.3, -0.25) is 0 Å². The van der Waals surface area contributed by atoms with Crippen LogP contribution in [0.2, 0.25) is 5.02 Å². The van der Waals surface area contributed by atoms with E-state index in [0.29, 0.717) is 11.9 Å². The molecule has 0 atom stereocenters. The summed E-state index contributed by atoms with van der Waals surface area (Å²) in [6.07, 6.45) is -4.56. The second kappa shape index (κ2) is 6.34. The molecule has 0 aromatic heterocycles. The predicted molar refractivity (Wildman–Crippen MR) is 77.0 cm³/mol. The van der Waals surface area contributed by atoms with Crippen molar-refractivity contribution < 1.29 is 22.0 Å². The zero-order valence-corrected chi connectivity index (χ0v) is 12.6. The van der Waals surface area contributed by atoms with Crippen molar-refractivity contribution in [2.75, 3.05) is 4.72 Å². The molecule has 0 heterocycles. The minimum atomic E-state index is -4.56. The number of alkyl halides is 3. The van der Waals surface area contributed by atoms with Crippen LogP contribution in [-0.2, 0) is 6.18 Å². The van der Waals surface area contributed by atoms with E-state index in [-0.39, 0.29) is 21.2 Å². The van der Waals surface area contributed by atoms with Gasteiger partial charge in [-0.05, 0) is 49.2 Å². The van der Waals surface area contributed by atoms with Crippen LogP contribution in [0.4, 0.5) is 27.6 Å². The topological polar surface area (TPSA) is 12.0 Å². The molecule has 0 aliphatic heterocycles. The molecule has 1 N–H and O–H groups in total. The summed E-state index contributed by atoms with van der Waals surface area (Å²) in [6, 6.07) is 5.23. The Kier molecular flexibility index (Phi) is 4.87. The average molecular weight is 354 g/mol. The Morgan fingerprint density at radius 2 is 1.77 bits per heavy atom. The zero-order valence-electron chi connectivity index (χ0n) is 11.1. The fourth-order valence-corrected chi connectivity index (χ4v) is 2.76. The molecule has 0 fully saturated rings. The fourth-order valence-electron chi connectivity index (χ4n) is 1.67. The Morgan fingerprint density at radius 1 is 1.09 bits per heavy atom. The molecule has 0 spiro atoms. The highest BCUT2D eigenvalue weighted by atomic mass is 35.5. The molecule has 0 bridgehead atoms. The zero-order chi connectivity index (χ0) is 16.5. The van der Waals surface area contributed by atoms with Crippen LogP contribution >= 0.6 is 23.5 Å². The lowest BCUT2D eigenvalue weighted by molar-refractivity contribution is -0.139. The van der Waals surface area contributed by atoms with Crippen LogP contribution < -0.4 is 4.72 Å². The molecule has 1 nitrogen and oxygen atoms in total. The number of halogens is 6. The number of anilines is 1. The van der Waals surface area contributed by atoms with Gasteiger partial charge in [0.25, 0.3) is 0 Å². The van der Waals surface area contributed by atoms with E-state index in [1.165, 1.54) is 6.92 Å². The summed E-state index contributed by atoms with van der Waals surface area (Å²) in [5, 5.41) is 0.119. The summed E-state index contributed by atoms with van der Waals surface area (Å²) in [6.45, 7) is 1.24. The third kappa shape index (κ3) is 3.64. The van der Waals surface area contributed by atoms with Crippen LogP contribution in [0, 0.1) is 18.6 Å². The van der Waals surface area contributed by atoms with Crippen molar-refractivity contribution in [2.45, 2.75) is 18.0 Å². The van der Waals surface area contributed by atoms with Crippen molar-refractivity contribution in [1.82, 2.24) is 0 Å². The minimum absolute atomic E-state index is 0.114. The van der Waals surface area contributed by atoms with Gasteiger partial charge in [0.15, 0.2) is 5.82 Å². The summed E-state index contributed by atoms with van der Waals surface area (Å²) in [5.74, 6) is -1.59. The molecule has 22 heavy (non-hydrogen) atoms. The molecule has 0 amide bonds. The first-order valence-electron chi connectivity index (χ1n) is 5.94. The summed E-state index contributed by atoms with van der Waals surface area (Å²) >= 11 is 6.25. The number of hydrogen-bond acceptors (Lipinski definition) is 2. The normalized spacial score (nSPS) is 11.6. The average Bonchev–Trinajstić information content (AvgIpc) is 2.43. The summed E-state index contributed by atoms with van der Waals surface area (Å²) in [7, 11) is 0. The second-order valence-electron chi connectivity index (χ2n) is 4.38. The lowest BCUT2D eigenvalue weighted by atomic mass is 10.2. The fraction of sp³-hybridized carbons (Fsp3) is 0.143. The standard InChI is InChI=1S/C14H9ClF5NS/c1-7-10(16)4-5-11(13(7)17)21-22-12-6-8(15)2-3-9(12)14(18,19)20/h2-6,21H,1H3. The Morgan fingerprint density at radius 3 is 2.41 bits per heavy atom. The maximum Gasteiger partial charge on any atom is 0.417 e. The van der Waals surface area contributed by atoms with E-state index in [4.69, 9.17) is 11.6 Å². The van der Waals surface area contributed by atoms with Crippen molar-refractivity contribution in [3.63, 3.8) is 0 Å². The molecule has 0 aliphatic carbocycles. The maximum absolute atomic E-state index is 13.8. The molecule has 0 unspecified atom stereocenters. The van der Waals surface area contributed by atoms with E-state index < -0.39 is 23.4 Å². The predicted octanol–water partition coefficient (Wildman–Crippen LogP) is 6.06. The maximum atomic E-state index is 13.8. The van der Waals surface area contributed by atoms with Crippen molar-refractivity contribution in [2.24, 2.45) is 0 Å². The quantitative estimate of drug-likeness (QED) is 0.531. The lowest BCUT2D eigenvalue weighted by Crippen LogP contribution is -2.07. The monoisotopic (exact) mass is 353 g/mol. The Bertz CT molecular complexity index is 702. The van der Waals surface area contributed by atoms with Gasteiger partial charge in [-0.25, -0.2) is 8.78 Å². The first-order chi connectivity index (χ1) is 10.2. The molecule has 8 heteroatoms. The van der Waals surface area contributed by atoms with E-state index in [2.05, 4.69) is 4.72 Å². The van der Waals surface area contributed by atoms with Crippen LogP contribution in [0.1, 0.15) is 11.1 Å². The smallest absolute Gasteiger partial charge is 0.323 e. The SMILES string of the molecule is Cc1c(F)ccc(NSc2cc(Cl)ccc2C(F)(F)F)c1F. The highest BCUT2D eigenvalue weighted by Crippen LogP contribution is 2.38. The summed E-state index contributed by atoms with van der Waals surface area (Å²) in [5.41, 5.74) is -1.22. The van der Waals surface area contributed by atoms with Gasteiger partial charge in [0.2, 0.25) is 0 Å². The van der Waals surface area contributed by atoms with E-state index in [1.807, 2.05) is 0 Å². The molecule has 0 aliphatic rings. The molecule has 2 rings (SSSR count). The first-order valence-corrected chi connectivity index (χ1v) is 7.14. The van der Waals surface area contributed by atoms with Gasteiger partial charge in [0.05, 0.1) is 11.3 Å². The van der Waals surface area contributed by atoms with Gasteiger partial charge < -0.3 is 4.72 Å². The first kappa shape index (κ1) is 16.9. The number of benzene rings is 2. The van der Waals surface area contributed by atoms with E-state index in [1.54, 1.807) is 0 Å². The van der Waals surface area contributed by atoms with Gasteiger partial charge in [0.1, 0.15) is 5.82 Å². The van der Waals surface area contributed by atoms with E-state index in [9.17, 15) is 22.0 Å². The van der Waals surface area contributed by atoms with Crippen molar-refractivity contribution in [3.8, 4) is 0 Å². The van der Waals surface area contributed by atoms with Crippen molar-refractivity contribution >= 4 is 29.2 Å². The number of hydrogen-bond donors (Lipinski definition) is 1. The molecule has 118 valence electrons. The van der Waals surface area contributed by atoms with Gasteiger partial charge >= 0.3 is 6.18 Å². The molecule has 2 aromatic carbocycles. The van der Waals surface area contributed by atoms with Crippen LogP contribution in [-0.4, -0.2) is 0 Å². The van der Waals surface area contributed by atoms with Gasteiger partial charge in [0, 0.05) is 15.5 Å². The molecule has 2 aromatic rings. The van der Waals surface area contributed by atoms with Crippen LogP contribution in [0.5, 0.6) is 0 Å². The summed E-state index contributed by atoms with van der Waals surface area (Å²) in [4.78, 5) is -0.207. The number of nitrogens with one attached hydrogen (secondary N) is 1. The third-order valence-corrected chi connectivity index (χ3v) is 3.96. The van der Waals surface area contributed by atoms with Crippen LogP contribution in [0.3, 0.4) is 0 Å². The minimum Gasteiger partial charge on any atom is -0.323 e. The van der Waals surface area contributed by atoms with E-state index in [0.717, 1.165) is 30.3 Å². The third-order valence-electron chi connectivity index (χ3n) is 2.84. The molecule has 0 radical (unpaired) electrons. The van der Waals surface area contributed by atoms with Crippen LogP contribution in [0.15, 0.2) is 35.2 Å². The largest absolute Gasteiger partial charge is 0.417 e. The Hall–Kier alpha value is -1.47. The van der Waals surface area contributed by atoms with Gasteiger partial charge in [-0.15, -0.1) is 0 Å². The molecular weight excluding hydrogens is 345 g/mol. The van der Waals surface area contributed by atoms with Crippen molar-refractivity contribution in [3.05, 3.63) is 58.1 Å². The van der Waals surface area contributed by atoms with Gasteiger partial charge in [-0.2, -0.15) is 13.2 Å². The van der Waals surface area contributed by atoms with Gasteiger partial charge in [-0.1, -0.05) is 11.6 Å². The molecule has 0 saturated heterocycles. The second-order valence-corrected chi connectivity index (χ2v) is 5.66. The highest BCUT2D eigenvalue weighted by Gasteiger charge is 2.33. The molecular formula is C14H9ClF5NS. The Balaban J connectivity index is 2.29. The highest BCUT2D eigenvalue weighted by molar-refractivity contribution is 8.00. The van der Waals surface area contributed by atoms with Crippen LogP contribution in [0.25, 0.3) is 0 Å². The van der Waals surface area contributed by atoms with Crippen molar-refractivity contribution in [1.29, 1.82) is 0 Å². The lowest BCUT2D eigenvalue weighted by Gasteiger charge is -2.14. The number of rotatable bonds is 3. The Labute approximate surface area is 132 Å². The summed E-state index contributed by atoms with van der Waals surface area (Å²) < 4.78 is 68.1.